The Kier molecular flexibility index (Phi) is 7.02. The van der Waals surface area contributed by atoms with Crippen molar-refractivity contribution in [1.29, 1.82) is 0 Å². The number of carbonyl (C=O) groups excluding carboxylic acids is 2. The van der Waals surface area contributed by atoms with E-state index in [1.807, 2.05) is 0 Å². The molecule has 1 N–H and O–H groups in total. The summed E-state index contributed by atoms with van der Waals surface area (Å²) in [7, 11) is -2.66. The molecule has 1 atom stereocenters. The number of para-hydroxylation sites is 1. The van der Waals surface area contributed by atoms with Crippen molar-refractivity contribution in [3.8, 4) is 0 Å². The van der Waals surface area contributed by atoms with E-state index in [2.05, 4.69) is 5.32 Å². The number of methoxy groups -OCH3 is 1. The summed E-state index contributed by atoms with van der Waals surface area (Å²) in [6.07, 6.45) is 1.02. The molecule has 2 aromatic carbocycles. The Bertz CT molecular complexity index is 1070. The highest BCUT2D eigenvalue weighted by Crippen LogP contribution is 2.31. The molecule has 1 unspecified atom stereocenters. The first-order chi connectivity index (χ1) is 14.2. The molecule has 10 heteroatoms. The van der Waals surface area contributed by atoms with E-state index in [1.54, 1.807) is 24.3 Å². The summed E-state index contributed by atoms with van der Waals surface area (Å²) in [5.74, 6) is -1.53. The second-order valence-corrected chi connectivity index (χ2v) is 9.55. The van der Waals surface area contributed by atoms with Gasteiger partial charge in [-0.15, -0.1) is 0 Å². The highest BCUT2D eigenvalue weighted by atomic mass is 35.5. The zero-order valence-electron chi connectivity index (χ0n) is 16.1. The van der Waals surface area contributed by atoms with Gasteiger partial charge in [0, 0.05) is 18.1 Å². The molecule has 1 fully saturated rings. The molecule has 2 aromatic rings. The molecule has 160 valence electrons. The fraction of sp³-hybridized carbons (Fsp3) is 0.300. The van der Waals surface area contributed by atoms with E-state index in [1.165, 1.54) is 29.6 Å². The number of anilines is 1. The molecule has 1 saturated heterocycles. The zero-order chi connectivity index (χ0) is 21.9. The van der Waals surface area contributed by atoms with Crippen LogP contribution in [0.5, 0.6) is 0 Å². The fourth-order valence-corrected chi connectivity index (χ4v) is 5.56. The summed E-state index contributed by atoms with van der Waals surface area (Å²) in [5.41, 5.74) is 0.534. The number of amides is 1. The molecule has 0 aromatic heterocycles. The predicted molar refractivity (Wildman–Crippen MR) is 114 cm³/mol. The van der Waals surface area contributed by atoms with Gasteiger partial charge in [0.25, 0.3) is 0 Å². The minimum atomic E-state index is -3.92. The molecular formula is C20H20Cl2N2O5S. The molecule has 1 aliphatic heterocycles. The van der Waals surface area contributed by atoms with Gasteiger partial charge in [-0.1, -0.05) is 35.3 Å². The normalized spacial score (nSPS) is 17.4. The molecule has 30 heavy (non-hydrogen) atoms. The van der Waals surface area contributed by atoms with Gasteiger partial charge in [0.05, 0.1) is 29.3 Å². The van der Waals surface area contributed by atoms with Gasteiger partial charge in [-0.25, -0.2) is 13.2 Å². The van der Waals surface area contributed by atoms with E-state index in [0.717, 1.165) is 0 Å². The monoisotopic (exact) mass is 470 g/mol. The lowest BCUT2D eigenvalue weighted by Crippen LogP contribution is -2.43. The SMILES string of the molecule is COC(=O)c1ccccc1NC(=O)C1CCCN(S(=O)(=O)c2cc(Cl)ccc2Cl)C1. The van der Waals surface area contributed by atoms with Crippen molar-refractivity contribution in [2.45, 2.75) is 17.7 Å². The fourth-order valence-electron chi connectivity index (χ4n) is 3.30. The second kappa shape index (κ2) is 9.34. The Morgan fingerprint density at radius 2 is 1.90 bits per heavy atom. The number of rotatable bonds is 5. The van der Waals surface area contributed by atoms with Gasteiger partial charge < -0.3 is 10.1 Å². The molecule has 1 aliphatic rings. The van der Waals surface area contributed by atoms with E-state index >= 15 is 0 Å². The number of sulfonamides is 1. The van der Waals surface area contributed by atoms with Crippen LogP contribution in [0.3, 0.4) is 0 Å². The Balaban J connectivity index is 1.79. The van der Waals surface area contributed by atoms with Gasteiger partial charge in [-0.3, -0.25) is 4.79 Å². The molecule has 0 saturated carbocycles. The van der Waals surface area contributed by atoms with Crippen LogP contribution in [0.1, 0.15) is 23.2 Å². The Hall–Kier alpha value is -2.13. The second-order valence-electron chi connectivity index (χ2n) is 6.80. The summed E-state index contributed by atoms with van der Waals surface area (Å²) >= 11 is 12.0. The van der Waals surface area contributed by atoms with Crippen molar-refractivity contribution in [1.82, 2.24) is 4.31 Å². The van der Waals surface area contributed by atoms with E-state index in [0.29, 0.717) is 18.5 Å². The molecule has 3 rings (SSSR count). The van der Waals surface area contributed by atoms with Crippen LogP contribution in [-0.4, -0.2) is 44.8 Å². The number of piperidine rings is 1. The Labute approximate surface area is 185 Å². The summed E-state index contributed by atoms with van der Waals surface area (Å²) < 4.78 is 32.1. The van der Waals surface area contributed by atoms with Crippen LogP contribution in [0.2, 0.25) is 10.0 Å². The van der Waals surface area contributed by atoms with Crippen LogP contribution >= 0.6 is 23.2 Å². The predicted octanol–water partition coefficient (Wildman–Crippen LogP) is 3.82. The number of esters is 1. The smallest absolute Gasteiger partial charge is 0.339 e. The number of benzene rings is 2. The lowest BCUT2D eigenvalue weighted by molar-refractivity contribution is -0.120. The minimum absolute atomic E-state index is 0.00258. The molecule has 0 bridgehead atoms. The van der Waals surface area contributed by atoms with Crippen molar-refractivity contribution in [3.63, 3.8) is 0 Å². The molecule has 1 amide bonds. The third-order valence-corrected chi connectivity index (χ3v) is 7.44. The number of hydrogen-bond acceptors (Lipinski definition) is 5. The lowest BCUT2D eigenvalue weighted by atomic mass is 9.98. The third kappa shape index (κ3) is 4.78. The van der Waals surface area contributed by atoms with Crippen molar-refractivity contribution < 1.29 is 22.7 Å². The maximum absolute atomic E-state index is 13.1. The number of halogens is 2. The zero-order valence-corrected chi connectivity index (χ0v) is 18.4. The number of nitrogens with zero attached hydrogens (tertiary/aromatic N) is 1. The number of carbonyl (C=O) groups is 2. The maximum Gasteiger partial charge on any atom is 0.339 e. The molecule has 1 heterocycles. The van der Waals surface area contributed by atoms with Gasteiger partial charge >= 0.3 is 5.97 Å². The van der Waals surface area contributed by atoms with Crippen LogP contribution in [-0.2, 0) is 19.6 Å². The quantitative estimate of drug-likeness (QED) is 0.670. The highest BCUT2D eigenvalue weighted by molar-refractivity contribution is 7.89. The van der Waals surface area contributed by atoms with Crippen LogP contribution in [0.25, 0.3) is 0 Å². The van der Waals surface area contributed by atoms with Crippen molar-refractivity contribution >= 4 is 50.8 Å². The van der Waals surface area contributed by atoms with E-state index in [-0.39, 0.29) is 39.5 Å². The first kappa shape index (κ1) is 22.6. The standard InChI is InChI=1S/C20H20Cl2N2O5S/c1-29-20(26)15-6-2-3-7-17(15)23-19(25)13-5-4-10-24(12-13)30(27,28)18-11-14(21)8-9-16(18)22/h2-3,6-9,11,13H,4-5,10,12H2,1H3,(H,23,25). The largest absolute Gasteiger partial charge is 0.465 e. The van der Waals surface area contributed by atoms with Gasteiger partial charge in [0.15, 0.2) is 0 Å². The van der Waals surface area contributed by atoms with Crippen LogP contribution in [0.4, 0.5) is 5.69 Å². The topological polar surface area (TPSA) is 92.8 Å². The van der Waals surface area contributed by atoms with Crippen LogP contribution in [0, 0.1) is 5.92 Å². The Morgan fingerprint density at radius 3 is 2.63 bits per heavy atom. The molecule has 0 radical (unpaired) electrons. The van der Waals surface area contributed by atoms with E-state index < -0.39 is 21.9 Å². The first-order valence-corrected chi connectivity index (χ1v) is 11.4. The molecule has 0 spiro atoms. The van der Waals surface area contributed by atoms with Crippen molar-refractivity contribution in [3.05, 3.63) is 58.1 Å². The first-order valence-electron chi connectivity index (χ1n) is 9.17. The average Bonchev–Trinajstić information content (AvgIpc) is 2.75. The lowest BCUT2D eigenvalue weighted by Gasteiger charge is -2.31. The molecular weight excluding hydrogens is 451 g/mol. The van der Waals surface area contributed by atoms with Crippen LogP contribution in [0.15, 0.2) is 47.4 Å². The van der Waals surface area contributed by atoms with E-state index in [9.17, 15) is 18.0 Å². The summed E-state index contributed by atoms with van der Waals surface area (Å²) in [6.45, 7) is 0.269. The van der Waals surface area contributed by atoms with Gasteiger partial charge in [-0.2, -0.15) is 4.31 Å². The maximum atomic E-state index is 13.1. The van der Waals surface area contributed by atoms with Crippen molar-refractivity contribution in [2.24, 2.45) is 5.92 Å². The summed E-state index contributed by atoms with van der Waals surface area (Å²) in [4.78, 5) is 24.6. The van der Waals surface area contributed by atoms with Gasteiger partial charge in [0.1, 0.15) is 4.90 Å². The number of hydrogen-bond donors (Lipinski definition) is 1. The summed E-state index contributed by atoms with van der Waals surface area (Å²) in [5, 5.41) is 3.04. The Morgan fingerprint density at radius 1 is 1.17 bits per heavy atom. The average molecular weight is 471 g/mol. The van der Waals surface area contributed by atoms with Crippen molar-refractivity contribution in [2.75, 3.05) is 25.5 Å². The highest BCUT2D eigenvalue weighted by Gasteiger charge is 2.34. The van der Waals surface area contributed by atoms with Crippen LogP contribution < -0.4 is 5.32 Å². The number of ether oxygens (including phenoxy) is 1. The minimum Gasteiger partial charge on any atom is -0.465 e. The third-order valence-electron chi connectivity index (χ3n) is 4.86. The number of nitrogens with one attached hydrogen (secondary N) is 1. The van der Waals surface area contributed by atoms with Gasteiger partial charge in [-0.05, 0) is 43.2 Å². The summed E-state index contributed by atoms with van der Waals surface area (Å²) in [6, 6.07) is 10.7. The van der Waals surface area contributed by atoms with Gasteiger partial charge in [0.2, 0.25) is 15.9 Å². The molecule has 0 aliphatic carbocycles. The van der Waals surface area contributed by atoms with E-state index in [4.69, 9.17) is 27.9 Å². The molecule has 7 nitrogen and oxygen atoms in total.